The van der Waals surface area contributed by atoms with Gasteiger partial charge in [-0.05, 0) is 33.4 Å². The number of carbonyl (C=O) groups excluding carboxylic acids is 2. The molecule has 49 heavy (non-hydrogen) atoms. The van der Waals surface area contributed by atoms with E-state index in [-0.39, 0.29) is 37.9 Å². The molecule has 9 nitrogen and oxygen atoms in total. The van der Waals surface area contributed by atoms with Crippen LogP contribution in [0.2, 0.25) is 0 Å². The highest BCUT2D eigenvalue weighted by atomic mass is 32.2. The Kier molecular flexibility index (Phi) is 13.3. The number of hydrogen-bond donors (Lipinski definition) is 4. The first-order valence-electron chi connectivity index (χ1n) is 16.4. The second kappa shape index (κ2) is 18.0. The highest BCUT2D eigenvalue weighted by Crippen LogP contribution is 2.42. The molecule has 0 radical (unpaired) electrons. The van der Waals surface area contributed by atoms with Gasteiger partial charge < -0.3 is 35.1 Å². The number of hydrogen-bond acceptors (Lipinski definition) is 8. The van der Waals surface area contributed by atoms with Crippen LogP contribution < -0.4 is 10.6 Å². The van der Waals surface area contributed by atoms with Crippen molar-refractivity contribution < 1.29 is 34.0 Å². The molecule has 0 aliphatic carbocycles. The first-order chi connectivity index (χ1) is 23.9. The van der Waals surface area contributed by atoms with E-state index >= 15 is 0 Å². The number of rotatable bonds is 14. The van der Waals surface area contributed by atoms with Gasteiger partial charge in [0, 0.05) is 36.0 Å². The maximum atomic E-state index is 12.9. The number of carbonyl (C=O) groups is 2. The maximum absolute atomic E-state index is 12.9. The Balaban J connectivity index is 1.28. The summed E-state index contributed by atoms with van der Waals surface area (Å²) in [5, 5.41) is 24.5. The van der Waals surface area contributed by atoms with Gasteiger partial charge in [0.2, 0.25) is 0 Å². The highest BCUT2D eigenvalue weighted by Gasteiger charge is 2.38. The van der Waals surface area contributed by atoms with Crippen LogP contribution in [0.3, 0.4) is 0 Å². The number of esters is 1. The van der Waals surface area contributed by atoms with Gasteiger partial charge in [-0.25, -0.2) is 9.59 Å². The molecule has 0 unspecified atom stereocenters. The predicted molar refractivity (Wildman–Crippen MR) is 191 cm³/mol. The van der Waals surface area contributed by atoms with Crippen molar-refractivity contribution in [1.29, 1.82) is 0 Å². The standard InChI is InChI=1S/C39H44N2O7S/c1-26-35(25-49-21-20-42)47-38(48-36(26)30-14-12-28(24-43)13-15-30)31-18-16-29(17-19-31)33-11-7-6-10-32(33)23-40-39(45)41-34(37(44)46-2)22-27-8-4-3-5-9-27/h3-19,26,34-36,38,42-43H,20-25H2,1-2H3,(H2,40,41,45)/t26-,34-,35+,36+,38+/m0/s1. The summed E-state index contributed by atoms with van der Waals surface area (Å²) in [6.45, 7) is 2.47. The third-order valence-corrected chi connectivity index (χ3v) is 9.70. The van der Waals surface area contributed by atoms with Crippen LogP contribution in [0.15, 0.2) is 103 Å². The third kappa shape index (κ3) is 9.71. The molecule has 1 fully saturated rings. The van der Waals surface area contributed by atoms with Crippen molar-refractivity contribution in [1.82, 2.24) is 10.6 Å². The first-order valence-corrected chi connectivity index (χ1v) is 17.6. The van der Waals surface area contributed by atoms with E-state index in [1.807, 2.05) is 103 Å². The second-order valence-electron chi connectivity index (χ2n) is 12.0. The zero-order valence-electron chi connectivity index (χ0n) is 27.8. The number of aliphatic hydroxyl groups is 2. The molecule has 0 saturated carbocycles. The summed E-state index contributed by atoms with van der Waals surface area (Å²) in [5.41, 5.74) is 6.50. The lowest BCUT2D eigenvalue weighted by Crippen LogP contribution is -2.47. The van der Waals surface area contributed by atoms with E-state index in [9.17, 15) is 19.8 Å². The van der Waals surface area contributed by atoms with E-state index < -0.39 is 24.3 Å². The van der Waals surface area contributed by atoms with Crippen LogP contribution in [0.5, 0.6) is 0 Å². The van der Waals surface area contributed by atoms with Crippen molar-refractivity contribution in [3.63, 3.8) is 0 Å². The molecule has 10 heteroatoms. The van der Waals surface area contributed by atoms with Crippen LogP contribution in [0, 0.1) is 5.92 Å². The fourth-order valence-electron chi connectivity index (χ4n) is 5.92. The molecule has 0 bridgehead atoms. The number of amides is 2. The van der Waals surface area contributed by atoms with Crippen molar-refractivity contribution in [2.45, 2.75) is 51.0 Å². The largest absolute Gasteiger partial charge is 0.467 e. The fraction of sp³-hybridized carbons (Fsp3) is 0.333. The smallest absolute Gasteiger partial charge is 0.328 e. The molecule has 4 aromatic carbocycles. The van der Waals surface area contributed by atoms with Crippen molar-refractivity contribution in [2.24, 2.45) is 5.92 Å². The topological polar surface area (TPSA) is 126 Å². The highest BCUT2D eigenvalue weighted by molar-refractivity contribution is 7.99. The van der Waals surface area contributed by atoms with Gasteiger partial charge in [-0.2, -0.15) is 11.8 Å². The molecule has 0 spiro atoms. The molecular weight excluding hydrogens is 641 g/mol. The molecule has 1 aliphatic heterocycles. The number of methoxy groups -OCH3 is 1. The molecule has 4 N–H and O–H groups in total. The average molecular weight is 685 g/mol. The first kappa shape index (κ1) is 36.1. The monoisotopic (exact) mass is 684 g/mol. The number of urea groups is 1. The lowest BCUT2D eigenvalue weighted by molar-refractivity contribution is -0.268. The van der Waals surface area contributed by atoms with Crippen LogP contribution in [0.25, 0.3) is 11.1 Å². The van der Waals surface area contributed by atoms with Crippen molar-refractivity contribution in [2.75, 3.05) is 25.2 Å². The van der Waals surface area contributed by atoms with E-state index in [0.29, 0.717) is 12.2 Å². The van der Waals surface area contributed by atoms with E-state index in [4.69, 9.17) is 14.2 Å². The summed E-state index contributed by atoms with van der Waals surface area (Å²) in [4.78, 5) is 25.3. The van der Waals surface area contributed by atoms with Crippen molar-refractivity contribution >= 4 is 23.8 Å². The van der Waals surface area contributed by atoms with Crippen molar-refractivity contribution in [3.05, 3.63) is 131 Å². The molecule has 5 atom stereocenters. The van der Waals surface area contributed by atoms with Gasteiger partial charge in [-0.3, -0.25) is 0 Å². The van der Waals surface area contributed by atoms with Crippen LogP contribution in [-0.4, -0.2) is 59.6 Å². The maximum Gasteiger partial charge on any atom is 0.328 e. The van der Waals surface area contributed by atoms with Crippen molar-refractivity contribution in [3.8, 4) is 11.1 Å². The van der Waals surface area contributed by atoms with Gasteiger partial charge in [0.1, 0.15) is 6.04 Å². The third-order valence-electron chi connectivity index (χ3n) is 8.67. The summed E-state index contributed by atoms with van der Waals surface area (Å²) in [6, 6.07) is 31.9. The minimum atomic E-state index is -0.824. The molecule has 1 saturated heterocycles. The Bertz CT molecular complexity index is 1640. The number of benzene rings is 4. The van der Waals surface area contributed by atoms with E-state index in [0.717, 1.165) is 44.7 Å². The van der Waals surface area contributed by atoms with Crippen LogP contribution in [0.1, 0.15) is 47.1 Å². The van der Waals surface area contributed by atoms with Gasteiger partial charge in [-0.1, -0.05) is 110 Å². The van der Waals surface area contributed by atoms with E-state index in [1.54, 1.807) is 11.8 Å². The lowest BCUT2D eigenvalue weighted by Gasteiger charge is -2.41. The summed E-state index contributed by atoms with van der Waals surface area (Å²) in [7, 11) is 1.31. The van der Waals surface area contributed by atoms with Crippen LogP contribution in [0.4, 0.5) is 4.79 Å². The number of aliphatic hydroxyl groups excluding tert-OH is 2. The van der Waals surface area contributed by atoms with Gasteiger partial charge in [0.05, 0.1) is 32.5 Å². The zero-order chi connectivity index (χ0) is 34.6. The number of ether oxygens (including phenoxy) is 3. The Hall–Kier alpha value is -4.19. The molecule has 258 valence electrons. The summed E-state index contributed by atoms with van der Waals surface area (Å²) in [6.07, 6.45) is -0.583. The van der Waals surface area contributed by atoms with Gasteiger partial charge in [0.15, 0.2) is 6.29 Å². The predicted octanol–water partition coefficient (Wildman–Crippen LogP) is 5.95. The second-order valence-corrected chi connectivity index (χ2v) is 13.1. The Morgan fingerprint density at radius 3 is 2.24 bits per heavy atom. The zero-order valence-corrected chi connectivity index (χ0v) is 28.6. The molecule has 5 rings (SSSR count). The minimum absolute atomic E-state index is 0.0170. The van der Waals surface area contributed by atoms with Gasteiger partial charge >= 0.3 is 12.0 Å². The molecule has 1 heterocycles. The van der Waals surface area contributed by atoms with Gasteiger partial charge in [-0.15, -0.1) is 0 Å². The van der Waals surface area contributed by atoms with E-state index in [2.05, 4.69) is 17.6 Å². The summed E-state index contributed by atoms with van der Waals surface area (Å²) < 4.78 is 18.0. The minimum Gasteiger partial charge on any atom is -0.467 e. The SMILES string of the molecule is COC(=O)[C@H](Cc1ccccc1)NC(=O)NCc1ccccc1-c1ccc([C@@H]2O[C@H](CSCCO)[C@H](C)[C@H](c3ccc(CO)cc3)O2)cc1. The van der Waals surface area contributed by atoms with Crippen LogP contribution >= 0.6 is 11.8 Å². The fourth-order valence-corrected chi connectivity index (χ4v) is 6.83. The number of thioether (sulfide) groups is 1. The molecule has 1 aliphatic rings. The van der Waals surface area contributed by atoms with E-state index in [1.165, 1.54) is 7.11 Å². The molecule has 4 aromatic rings. The van der Waals surface area contributed by atoms with Gasteiger partial charge in [0.25, 0.3) is 0 Å². The lowest BCUT2D eigenvalue weighted by atomic mass is 9.91. The normalized spacial score (nSPS) is 19.5. The quantitative estimate of drug-likeness (QED) is 0.0950. The summed E-state index contributed by atoms with van der Waals surface area (Å²) in [5.74, 6) is 0.921. The average Bonchev–Trinajstić information content (AvgIpc) is 3.15. The van der Waals surface area contributed by atoms with Crippen LogP contribution in [-0.2, 0) is 38.6 Å². The molecular formula is C39H44N2O7S. The Morgan fingerprint density at radius 1 is 0.857 bits per heavy atom. The summed E-state index contributed by atoms with van der Waals surface area (Å²) >= 11 is 1.66. The Morgan fingerprint density at radius 2 is 1.55 bits per heavy atom. The Labute approximate surface area is 292 Å². The number of nitrogens with one attached hydrogen (secondary N) is 2. The molecule has 0 aromatic heterocycles. The molecule has 2 amide bonds.